The number of hydrogen-bond donors (Lipinski definition) is 2. The van der Waals surface area contributed by atoms with Crippen LogP contribution in [0.25, 0.3) is 0 Å². The summed E-state index contributed by atoms with van der Waals surface area (Å²) in [6.45, 7) is 2.51. The number of amides is 1. The molecule has 0 aromatic heterocycles. The Kier molecular flexibility index (Phi) is 6.36. The molecule has 23 heavy (non-hydrogen) atoms. The fourth-order valence-electron chi connectivity index (χ4n) is 3.12. The Balaban J connectivity index is 2.31. The summed E-state index contributed by atoms with van der Waals surface area (Å²) in [5.74, 6) is -0.877. The Hall–Kier alpha value is -1.20. The highest BCUT2D eigenvalue weighted by Gasteiger charge is 2.38. The lowest BCUT2D eigenvalue weighted by atomic mass is 9.82. The van der Waals surface area contributed by atoms with Crippen molar-refractivity contribution >= 4 is 34.6 Å². The first-order valence-electron chi connectivity index (χ1n) is 7.94. The Morgan fingerprint density at radius 1 is 1.30 bits per heavy atom. The molecule has 0 heterocycles. The summed E-state index contributed by atoms with van der Waals surface area (Å²) in [5, 5.41) is 12.3. The molecule has 2 rings (SSSR count). The van der Waals surface area contributed by atoms with Gasteiger partial charge in [0.25, 0.3) is 5.24 Å². The van der Waals surface area contributed by atoms with Crippen molar-refractivity contribution in [3.05, 3.63) is 34.3 Å². The van der Waals surface area contributed by atoms with Crippen LogP contribution in [0.15, 0.2) is 18.2 Å². The molecule has 1 aliphatic carbocycles. The summed E-state index contributed by atoms with van der Waals surface area (Å²) in [4.78, 5) is 23.0. The second-order valence-corrected chi connectivity index (χ2v) is 7.62. The van der Waals surface area contributed by atoms with Crippen molar-refractivity contribution < 1.29 is 14.7 Å². The number of carboxylic acids is 1. The number of benzene rings is 1. The third kappa shape index (κ3) is 4.64. The van der Waals surface area contributed by atoms with Crippen LogP contribution in [0.2, 0.25) is 5.02 Å². The number of carboxylic acid groups (broad SMARTS) is 1. The van der Waals surface area contributed by atoms with Crippen LogP contribution in [0, 0.1) is 0 Å². The molecular formula is C17H22ClNO3S. The summed E-state index contributed by atoms with van der Waals surface area (Å²) in [5.41, 5.74) is 1.63. The van der Waals surface area contributed by atoms with Gasteiger partial charge in [-0.2, -0.15) is 0 Å². The van der Waals surface area contributed by atoms with Gasteiger partial charge in [0.05, 0.1) is 11.2 Å². The van der Waals surface area contributed by atoms with Gasteiger partial charge in [0.15, 0.2) is 0 Å². The summed E-state index contributed by atoms with van der Waals surface area (Å²) < 4.78 is -0.309. The van der Waals surface area contributed by atoms with E-state index < -0.39 is 5.97 Å². The maximum absolute atomic E-state index is 12.1. The number of rotatable bonds is 5. The molecule has 1 aliphatic rings. The van der Waals surface area contributed by atoms with Crippen molar-refractivity contribution in [3.63, 3.8) is 0 Å². The smallest absolute Gasteiger partial charge is 0.307 e. The lowest BCUT2D eigenvalue weighted by Crippen LogP contribution is -2.31. The molecule has 6 heteroatoms. The fourth-order valence-corrected chi connectivity index (χ4v) is 4.91. The Morgan fingerprint density at radius 3 is 2.57 bits per heavy atom. The molecule has 126 valence electrons. The van der Waals surface area contributed by atoms with Crippen LogP contribution in [0.3, 0.4) is 0 Å². The highest BCUT2D eigenvalue weighted by molar-refractivity contribution is 8.14. The van der Waals surface area contributed by atoms with Crippen LogP contribution in [-0.2, 0) is 16.0 Å². The minimum atomic E-state index is -0.877. The molecular weight excluding hydrogens is 334 g/mol. The molecule has 0 bridgehead atoms. The van der Waals surface area contributed by atoms with E-state index in [4.69, 9.17) is 16.7 Å². The Bertz CT molecular complexity index is 585. The number of nitrogens with one attached hydrogen (secondary N) is 1. The molecule has 1 amide bonds. The van der Waals surface area contributed by atoms with Crippen LogP contribution in [0.5, 0.6) is 0 Å². The van der Waals surface area contributed by atoms with E-state index in [9.17, 15) is 9.59 Å². The highest BCUT2D eigenvalue weighted by atomic mass is 35.5. The first-order valence-corrected chi connectivity index (χ1v) is 9.14. The maximum atomic E-state index is 12.1. The largest absolute Gasteiger partial charge is 0.481 e. The van der Waals surface area contributed by atoms with E-state index in [1.807, 2.05) is 19.1 Å². The summed E-state index contributed by atoms with van der Waals surface area (Å²) in [6, 6.07) is 5.43. The van der Waals surface area contributed by atoms with Crippen molar-refractivity contribution in [2.24, 2.45) is 0 Å². The second-order valence-electron chi connectivity index (χ2n) is 5.86. The van der Waals surface area contributed by atoms with Crippen LogP contribution in [0.4, 0.5) is 4.79 Å². The van der Waals surface area contributed by atoms with E-state index in [-0.39, 0.29) is 16.4 Å². The average molecular weight is 356 g/mol. The molecule has 0 atom stereocenters. The lowest BCUT2D eigenvalue weighted by Gasteiger charge is -2.37. The van der Waals surface area contributed by atoms with Crippen LogP contribution < -0.4 is 5.32 Å². The van der Waals surface area contributed by atoms with Gasteiger partial charge < -0.3 is 10.4 Å². The summed E-state index contributed by atoms with van der Waals surface area (Å²) >= 11 is 7.79. The fraction of sp³-hybridized carbons (Fsp3) is 0.529. The number of thioether (sulfide) groups is 1. The third-order valence-corrected chi connectivity index (χ3v) is 5.81. The minimum absolute atomic E-state index is 0.0277. The zero-order valence-corrected chi connectivity index (χ0v) is 14.8. The maximum Gasteiger partial charge on any atom is 0.307 e. The molecule has 4 nitrogen and oxygen atoms in total. The zero-order chi connectivity index (χ0) is 16.9. The predicted molar refractivity (Wildman–Crippen MR) is 94.2 cm³/mol. The predicted octanol–water partition coefficient (Wildman–Crippen LogP) is 4.59. The first-order chi connectivity index (χ1) is 11.0. The average Bonchev–Trinajstić information content (AvgIpc) is 2.47. The molecule has 0 aliphatic heterocycles. The Labute approximate surface area is 146 Å². The van der Waals surface area contributed by atoms with Gasteiger partial charge in [0.1, 0.15) is 0 Å². The zero-order valence-electron chi connectivity index (χ0n) is 13.2. The van der Waals surface area contributed by atoms with E-state index in [2.05, 4.69) is 5.32 Å². The van der Waals surface area contributed by atoms with Crippen molar-refractivity contribution in [1.82, 2.24) is 5.32 Å². The number of carbonyl (C=O) groups is 2. The topological polar surface area (TPSA) is 66.4 Å². The van der Waals surface area contributed by atoms with Crippen LogP contribution in [-0.4, -0.2) is 22.9 Å². The van der Waals surface area contributed by atoms with Crippen LogP contribution in [0.1, 0.15) is 50.2 Å². The molecule has 0 radical (unpaired) electrons. The highest BCUT2D eigenvalue weighted by Crippen LogP contribution is 2.50. The minimum Gasteiger partial charge on any atom is -0.481 e. The van der Waals surface area contributed by atoms with Gasteiger partial charge in [-0.15, -0.1) is 0 Å². The van der Waals surface area contributed by atoms with Crippen molar-refractivity contribution in [2.75, 3.05) is 6.54 Å². The van der Waals surface area contributed by atoms with Gasteiger partial charge in [-0.1, -0.05) is 54.8 Å². The summed E-state index contributed by atoms with van der Waals surface area (Å²) in [6.07, 6.45) is 5.09. The van der Waals surface area contributed by atoms with Crippen LogP contribution >= 0.6 is 23.4 Å². The Morgan fingerprint density at radius 2 is 2.00 bits per heavy atom. The van der Waals surface area contributed by atoms with Crippen molar-refractivity contribution in [2.45, 2.75) is 50.2 Å². The number of aliphatic carboxylic acids is 1. The van der Waals surface area contributed by atoms with Gasteiger partial charge in [0, 0.05) is 11.6 Å². The van der Waals surface area contributed by atoms with Gasteiger partial charge in [0.2, 0.25) is 0 Å². The van der Waals surface area contributed by atoms with E-state index in [0.717, 1.165) is 31.2 Å². The molecule has 1 saturated carbocycles. The second kappa shape index (κ2) is 8.06. The van der Waals surface area contributed by atoms with E-state index in [1.54, 1.807) is 6.07 Å². The van der Waals surface area contributed by atoms with E-state index in [1.165, 1.54) is 18.2 Å². The quantitative estimate of drug-likeness (QED) is 0.810. The summed E-state index contributed by atoms with van der Waals surface area (Å²) in [7, 11) is 0. The van der Waals surface area contributed by atoms with Gasteiger partial charge in [-0.05, 0) is 37.0 Å². The molecule has 0 unspecified atom stereocenters. The molecule has 1 aromatic rings. The molecule has 1 fully saturated rings. The lowest BCUT2D eigenvalue weighted by molar-refractivity contribution is -0.136. The van der Waals surface area contributed by atoms with E-state index >= 15 is 0 Å². The van der Waals surface area contributed by atoms with Gasteiger partial charge in [-0.3, -0.25) is 9.59 Å². The molecule has 0 spiro atoms. The monoisotopic (exact) mass is 355 g/mol. The first kappa shape index (κ1) is 18.1. The number of carbonyl (C=O) groups excluding carboxylic acids is 1. The number of halogens is 1. The van der Waals surface area contributed by atoms with E-state index in [0.29, 0.717) is 17.1 Å². The van der Waals surface area contributed by atoms with Gasteiger partial charge >= 0.3 is 5.97 Å². The van der Waals surface area contributed by atoms with Crippen molar-refractivity contribution in [1.29, 1.82) is 0 Å². The normalized spacial score (nSPS) is 16.8. The molecule has 0 saturated heterocycles. The van der Waals surface area contributed by atoms with Crippen molar-refractivity contribution in [3.8, 4) is 0 Å². The SMILES string of the molecule is CCNC(=O)SC1(c2ccc(CC(=O)O)cc2Cl)CCCCC1. The standard InChI is InChI=1S/C17H22ClNO3S/c1-2-19-16(22)23-17(8-4-3-5-9-17)13-7-6-12(10-14(13)18)11-15(20)21/h6-7,10H,2-5,8-9,11H2,1H3,(H,19,22)(H,20,21). The van der Waals surface area contributed by atoms with Gasteiger partial charge in [-0.25, -0.2) is 0 Å². The molecule has 1 aromatic carbocycles. The number of hydrogen-bond acceptors (Lipinski definition) is 3. The third-order valence-electron chi connectivity index (χ3n) is 4.15. The molecule has 2 N–H and O–H groups in total.